The van der Waals surface area contributed by atoms with E-state index in [4.69, 9.17) is 6.85 Å². The van der Waals surface area contributed by atoms with Crippen LogP contribution in [0.15, 0.2) is 279 Å². The van der Waals surface area contributed by atoms with Gasteiger partial charge in [0.15, 0.2) is 0 Å². The van der Waals surface area contributed by atoms with Crippen LogP contribution in [0, 0.1) is 0 Å². The number of hydrogen-bond acceptors (Lipinski definition) is 2. The second-order valence-corrected chi connectivity index (χ2v) is 17.6. The highest BCUT2D eigenvalue weighted by Crippen LogP contribution is 2.64. The molecule has 2 aliphatic carbocycles. The maximum atomic E-state index is 9.08. The molecule has 0 heterocycles. The summed E-state index contributed by atoms with van der Waals surface area (Å²) >= 11 is 0. The van der Waals surface area contributed by atoms with Crippen molar-refractivity contribution in [1.82, 2.24) is 0 Å². The van der Waals surface area contributed by atoms with Gasteiger partial charge in [-0.15, -0.1) is 0 Å². The Kier molecular flexibility index (Phi) is 8.54. The molecule has 0 radical (unpaired) electrons. The molecule has 2 aliphatic rings. The summed E-state index contributed by atoms with van der Waals surface area (Å²) in [6.07, 6.45) is 0. The van der Waals surface area contributed by atoms with Crippen LogP contribution in [0.2, 0.25) is 0 Å². The summed E-state index contributed by atoms with van der Waals surface area (Å²) in [5.74, 6) is 0. The van der Waals surface area contributed by atoms with E-state index in [1.165, 1.54) is 33.4 Å². The summed E-state index contributed by atoms with van der Waals surface area (Å²) in [5.41, 5.74) is 19.2. The summed E-state index contributed by atoms with van der Waals surface area (Å²) in [6.45, 7) is 0. The minimum atomic E-state index is -0.731. The summed E-state index contributed by atoms with van der Waals surface area (Å²) < 4.78 is 43.9. The van der Waals surface area contributed by atoms with Gasteiger partial charge in [-0.1, -0.05) is 218 Å². The molecule has 0 fully saturated rings. The van der Waals surface area contributed by atoms with E-state index in [0.717, 1.165) is 67.5 Å². The molecule has 13 rings (SSSR count). The van der Waals surface area contributed by atoms with E-state index in [-0.39, 0.29) is 29.7 Å². The van der Waals surface area contributed by atoms with Crippen LogP contribution < -0.4 is 9.80 Å². The first-order valence-electron chi connectivity index (χ1n) is 25.9. The molecule has 1 atom stereocenters. The van der Waals surface area contributed by atoms with Crippen molar-refractivity contribution in [2.45, 2.75) is 5.41 Å². The smallest absolute Gasteiger partial charge is 0.0727 e. The van der Waals surface area contributed by atoms with Crippen molar-refractivity contribution < 1.29 is 6.85 Å². The van der Waals surface area contributed by atoms with Gasteiger partial charge in [-0.05, 0) is 127 Å². The van der Waals surface area contributed by atoms with Crippen molar-refractivity contribution in [2.24, 2.45) is 0 Å². The average molecular weight is 884 g/mol. The van der Waals surface area contributed by atoms with E-state index in [9.17, 15) is 0 Å². The molecule has 0 aromatic heterocycles. The van der Waals surface area contributed by atoms with Crippen molar-refractivity contribution in [1.29, 1.82) is 0 Å². The van der Waals surface area contributed by atoms with Crippen molar-refractivity contribution in [3.63, 3.8) is 0 Å². The van der Waals surface area contributed by atoms with Gasteiger partial charge in [-0.3, -0.25) is 0 Å². The largest absolute Gasteiger partial charge is 0.310 e. The molecule has 0 saturated heterocycles. The van der Waals surface area contributed by atoms with Crippen molar-refractivity contribution in [2.75, 3.05) is 9.80 Å². The van der Waals surface area contributed by atoms with Crippen LogP contribution in [0.1, 0.15) is 29.1 Å². The van der Waals surface area contributed by atoms with Crippen LogP contribution in [0.3, 0.4) is 0 Å². The predicted molar refractivity (Wildman–Crippen MR) is 288 cm³/mol. The van der Waals surface area contributed by atoms with Gasteiger partial charge in [0.05, 0.1) is 18.0 Å². The second kappa shape index (κ2) is 16.7. The van der Waals surface area contributed by atoms with Crippen LogP contribution >= 0.6 is 0 Å². The Morgan fingerprint density at radius 1 is 0.261 bits per heavy atom. The lowest BCUT2D eigenvalue weighted by Gasteiger charge is -2.34. The van der Waals surface area contributed by atoms with Crippen LogP contribution in [0.25, 0.3) is 55.6 Å². The van der Waals surface area contributed by atoms with Crippen LogP contribution in [0.4, 0.5) is 34.1 Å². The highest BCUT2D eigenvalue weighted by molar-refractivity contribution is 6.01. The molecule has 0 bridgehead atoms. The first-order chi connectivity index (χ1) is 36.3. The fourth-order valence-corrected chi connectivity index (χ4v) is 11.1. The SMILES string of the molecule is [2H]c1c([2H])c([2H])c(-c2cccc(N(c3ccc4c(c3)C3(c5ccccc5-c5ccc(N(c6ccccc6)c6ccccc6)cc53)c3ccccc3-4)c3c(-c4ccccc4)cccc3-c3ccccc3)c2)c([2H])c1[2H]. The van der Waals surface area contributed by atoms with Gasteiger partial charge in [0, 0.05) is 39.6 Å². The van der Waals surface area contributed by atoms with Gasteiger partial charge in [0.1, 0.15) is 0 Å². The van der Waals surface area contributed by atoms with Crippen LogP contribution in [-0.2, 0) is 5.41 Å². The fraction of sp³-hybridized carbons (Fsp3) is 0.0149. The number of fused-ring (bicyclic) bond motifs is 10. The monoisotopic (exact) mass is 883 g/mol. The number of anilines is 6. The zero-order chi connectivity index (χ0) is 50.1. The quantitative estimate of drug-likeness (QED) is 0.142. The Bertz CT molecular complexity index is 3840. The third kappa shape index (κ3) is 6.56. The molecule has 11 aromatic rings. The summed E-state index contributed by atoms with van der Waals surface area (Å²) in [6, 6.07) is 86.2. The van der Waals surface area contributed by atoms with Gasteiger partial charge in [-0.2, -0.15) is 0 Å². The lowest BCUT2D eigenvalue weighted by Crippen LogP contribution is -2.26. The van der Waals surface area contributed by atoms with E-state index in [1.54, 1.807) is 0 Å². The maximum absolute atomic E-state index is 9.08. The molecule has 1 unspecified atom stereocenters. The molecule has 2 nitrogen and oxygen atoms in total. The molecular formula is C67H46N2. The minimum Gasteiger partial charge on any atom is -0.310 e. The summed E-state index contributed by atoms with van der Waals surface area (Å²) in [4.78, 5) is 4.65. The fourth-order valence-electron chi connectivity index (χ4n) is 11.1. The minimum absolute atomic E-state index is 0.149. The van der Waals surface area contributed by atoms with Gasteiger partial charge in [-0.25, -0.2) is 0 Å². The number of benzene rings is 11. The van der Waals surface area contributed by atoms with Gasteiger partial charge in [0.2, 0.25) is 0 Å². The van der Waals surface area contributed by atoms with Crippen molar-refractivity contribution >= 4 is 34.1 Å². The predicted octanol–water partition coefficient (Wildman–Crippen LogP) is 18.0. The van der Waals surface area contributed by atoms with Crippen LogP contribution in [0.5, 0.6) is 0 Å². The molecule has 1 spiro atoms. The van der Waals surface area contributed by atoms with Gasteiger partial charge in [0.25, 0.3) is 0 Å². The molecule has 2 heteroatoms. The zero-order valence-electron chi connectivity index (χ0n) is 42.6. The van der Waals surface area contributed by atoms with Crippen LogP contribution in [-0.4, -0.2) is 0 Å². The van der Waals surface area contributed by atoms with Gasteiger partial charge < -0.3 is 9.80 Å². The van der Waals surface area contributed by atoms with E-state index in [1.807, 2.05) is 30.3 Å². The molecular weight excluding hydrogens is 833 g/mol. The Balaban J connectivity index is 1.11. The molecule has 0 aliphatic heterocycles. The topological polar surface area (TPSA) is 6.48 Å². The Hall–Kier alpha value is -8.98. The molecule has 324 valence electrons. The molecule has 0 N–H and O–H groups in total. The highest BCUT2D eigenvalue weighted by Gasteiger charge is 2.52. The normalized spacial score (nSPS) is 14.9. The number of hydrogen-bond donors (Lipinski definition) is 0. The first-order valence-corrected chi connectivity index (χ1v) is 23.4. The molecule has 0 amide bonds. The lowest BCUT2D eigenvalue weighted by molar-refractivity contribution is 0.793. The Morgan fingerprint density at radius 3 is 1.19 bits per heavy atom. The van der Waals surface area contributed by atoms with Gasteiger partial charge >= 0.3 is 0 Å². The Labute approximate surface area is 411 Å². The van der Waals surface area contributed by atoms with E-state index < -0.39 is 11.5 Å². The van der Waals surface area contributed by atoms with E-state index in [2.05, 4.69) is 228 Å². The summed E-state index contributed by atoms with van der Waals surface area (Å²) in [5, 5.41) is 0. The molecule has 69 heavy (non-hydrogen) atoms. The average Bonchev–Trinajstić information content (AvgIpc) is 3.92. The number of para-hydroxylation sites is 3. The Morgan fingerprint density at radius 2 is 0.652 bits per heavy atom. The number of rotatable bonds is 9. The molecule has 0 saturated carbocycles. The maximum Gasteiger partial charge on any atom is 0.0727 e. The standard InChI is InChI=1S/C67H46N2/c1-6-22-47(23-7-1)50-28-20-33-53(44-50)69(66-56(48-24-8-2-9-25-48)36-21-37-57(66)49-26-10-3-11-27-49)55-41-43-61-59-35-17-19-39-63(59)67(65(61)46-55)62-38-18-16-34-58(62)60-42-40-54(45-64(60)67)68(51-29-12-4-13-30-51)52-31-14-5-15-32-52/h1-46H/i1D,6D,7D,22D,23D. The second-order valence-electron chi connectivity index (χ2n) is 17.6. The highest BCUT2D eigenvalue weighted by atomic mass is 15.2. The first kappa shape index (κ1) is 35.2. The number of nitrogens with zero attached hydrogens (tertiary/aromatic N) is 2. The van der Waals surface area contributed by atoms with Crippen molar-refractivity contribution in [3.05, 3.63) is 301 Å². The summed E-state index contributed by atoms with van der Waals surface area (Å²) in [7, 11) is 0. The third-order valence-corrected chi connectivity index (χ3v) is 13.9. The molecule has 11 aromatic carbocycles. The zero-order valence-corrected chi connectivity index (χ0v) is 37.6. The van der Waals surface area contributed by atoms with Crippen molar-refractivity contribution in [3.8, 4) is 55.6 Å². The third-order valence-electron chi connectivity index (χ3n) is 13.9. The van der Waals surface area contributed by atoms with E-state index in [0.29, 0.717) is 5.56 Å². The van der Waals surface area contributed by atoms with E-state index >= 15 is 0 Å². The lowest BCUT2D eigenvalue weighted by atomic mass is 9.70.